The predicted molar refractivity (Wildman–Crippen MR) is 124 cm³/mol. The van der Waals surface area contributed by atoms with Gasteiger partial charge in [-0.25, -0.2) is 36.1 Å². The number of hydrogen-bond donors (Lipinski definition) is 4. The zero-order chi connectivity index (χ0) is 24.2. The van der Waals surface area contributed by atoms with Crippen molar-refractivity contribution >= 4 is 43.2 Å². The number of aryl methyl sites for hydroxylation is 1. The van der Waals surface area contributed by atoms with Gasteiger partial charge in [0.15, 0.2) is 11.6 Å². The SMILES string of the molecule is CCS(=O)(=O)NCc1cccc(Nc2nc(Nc3ccc(C)c(S(N)(=O)=O)c3)ncc2F)c1. The molecule has 33 heavy (non-hydrogen) atoms. The molecule has 0 aliphatic carbocycles. The first-order valence-electron chi connectivity index (χ1n) is 9.73. The average molecular weight is 495 g/mol. The molecular weight excluding hydrogens is 471 g/mol. The normalized spacial score (nSPS) is 11.9. The molecule has 5 N–H and O–H groups in total. The summed E-state index contributed by atoms with van der Waals surface area (Å²) >= 11 is 0. The van der Waals surface area contributed by atoms with Crippen LogP contribution < -0.4 is 20.5 Å². The lowest BCUT2D eigenvalue weighted by atomic mass is 10.2. The predicted octanol–water partition coefficient (Wildman–Crippen LogP) is 2.50. The summed E-state index contributed by atoms with van der Waals surface area (Å²) in [6.07, 6.45) is 0.964. The topological polar surface area (TPSA) is 156 Å². The molecule has 0 amide bonds. The van der Waals surface area contributed by atoms with E-state index in [1.54, 1.807) is 43.3 Å². The van der Waals surface area contributed by atoms with Crippen molar-refractivity contribution in [1.82, 2.24) is 14.7 Å². The molecule has 3 rings (SSSR count). The number of nitrogens with zero attached hydrogens (tertiary/aromatic N) is 2. The van der Waals surface area contributed by atoms with Crippen molar-refractivity contribution in [1.29, 1.82) is 0 Å². The smallest absolute Gasteiger partial charge is 0.238 e. The van der Waals surface area contributed by atoms with Crippen LogP contribution in [0.15, 0.2) is 53.6 Å². The minimum absolute atomic E-state index is 0.0231. The molecule has 0 aliphatic rings. The third-order valence-corrected chi connectivity index (χ3v) is 6.96. The summed E-state index contributed by atoms with van der Waals surface area (Å²) in [5.41, 5.74) is 1.98. The van der Waals surface area contributed by atoms with Crippen molar-refractivity contribution in [2.45, 2.75) is 25.3 Å². The molecule has 1 aromatic heterocycles. The highest BCUT2D eigenvalue weighted by molar-refractivity contribution is 7.89. The number of anilines is 4. The van der Waals surface area contributed by atoms with Crippen LogP contribution >= 0.6 is 0 Å². The summed E-state index contributed by atoms with van der Waals surface area (Å²) in [5.74, 6) is -0.855. The van der Waals surface area contributed by atoms with Crippen molar-refractivity contribution < 1.29 is 21.2 Å². The van der Waals surface area contributed by atoms with Gasteiger partial charge in [0.2, 0.25) is 26.0 Å². The highest BCUT2D eigenvalue weighted by Gasteiger charge is 2.14. The van der Waals surface area contributed by atoms with Gasteiger partial charge in [0.05, 0.1) is 16.8 Å². The van der Waals surface area contributed by atoms with Crippen molar-refractivity contribution in [3.05, 3.63) is 65.6 Å². The minimum Gasteiger partial charge on any atom is -0.338 e. The summed E-state index contributed by atoms with van der Waals surface area (Å²) in [6, 6.07) is 11.3. The summed E-state index contributed by atoms with van der Waals surface area (Å²) in [7, 11) is -7.27. The molecule has 176 valence electrons. The van der Waals surface area contributed by atoms with Crippen molar-refractivity contribution in [3.8, 4) is 0 Å². The third-order valence-electron chi connectivity index (χ3n) is 4.56. The molecule has 0 spiro atoms. The van der Waals surface area contributed by atoms with Gasteiger partial charge in [-0.05, 0) is 49.2 Å². The Morgan fingerprint density at radius 3 is 2.45 bits per heavy atom. The van der Waals surface area contributed by atoms with Gasteiger partial charge in [-0.2, -0.15) is 4.98 Å². The average Bonchev–Trinajstić information content (AvgIpc) is 2.75. The van der Waals surface area contributed by atoms with Gasteiger partial charge >= 0.3 is 0 Å². The van der Waals surface area contributed by atoms with E-state index in [9.17, 15) is 21.2 Å². The molecule has 13 heteroatoms. The molecule has 0 aliphatic heterocycles. The Morgan fingerprint density at radius 2 is 1.76 bits per heavy atom. The second-order valence-electron chi connectivity index (χ2n) is 7.09. The first-order valence-corrected chi connectivity index (χ1v) is 12.9. The summed E-state index contributed by atoms with van der Waals surface area (Å²) in [5, 5.41) is 10.9. The number of hydrogen-bond acceptors (Lipinski definition) is 8. The molecule has 0 saturated carbocycles. The van der Waals surface area contributed by atoms with Crippen LogP contribution in [0.4, 0.5) is 27.5 Å². The van der Waals surface area contributed by atoms with Crippen molar-refractivity contribution in [2.75, 3.05) is 16.4 Å². The standard InChI is InChI=1S/C20H23FN6O4S2/c1-3-32(28,29)24-11-14-5-4-6-15(9-14)25-19-17(21)12-23-20(27-19)26-16-8-7-13(2)18(10-16)33(22,30)31/h4-10,12,24H,3,11H2,1-2H3,(H2,22,30,31)(H2,23,25,26,27). The highest BCUT2D eigenvalue weighted by Crippen LogP contribution is 2.23. The molecule has 2 aromatic carbocycles. The number of aromatic nitrogens is 2. The molecular formula is C20H23FN6O4S2. The maximum Gasteiger partial charge on any atom is 0.238 e. The van der Waals surface area contributed by atoms with E-state index in [1.165, 1.54) is 13.0 Å². The van der Waals surface area contributed by atoms with Gasteiger partial charge in [-0.1, -0.05) is 18.2 Å². The molecule has 3 aromatic rings. The summed E-state index contributed by atoms with van der Waals surface area (Å²) < 4.78 is 63.5. The van der Waals surface area contributed by atoms with E-state index in [-0.39, 0.29) is 29.0 Å². The Bertz CT molecular complexity index is 1380. The van der Waals surface area contributed by atoms with Gasteiger partial charge in [-0.15, -0.1) is 0 Å². The first-order chi connectivity index (χ1) is 15.5. The lowest BCUT2D eigenvalue weighted by Gasteiger charge is -2.12. The van der Waals surface area contributed by atoms with Crippen molar-refractivity contribution in [3.63, 3.8) is 0 Å². The van der Waals surface area contributed by atoms with Gasteiger partial charge in [-0.3, -0.25) is 0 Å². The molecule has 0 radical (unpaired) electrons. The number of sulfonamides is 2. The lowest BCUT2D eigenvalue weighted by Crippen LogP contribution is -2.24. The number of nitrogens with one attached hydrogen (secondary N) is 3. The van der Waals surface area contributed by atoms with Crippen LogP contribution in [0.1, 0.15) is 18.1 Å². The van der Waals surface area contributed by atoms with E-state index >= 15 is 0 Å². The number of halogens is 1. The maximum absolute atomic E-state index is 14.3. The monoisotopic (exact) mass is 494 g/mol. The Kier molecular flexibility index (Phi) is 7.27. The van der Waals surface area contributed by atoms with Crippen LogP contribution in [-0.2, 0) is 26.6 Å². The van der Waals surface area contributed by atoms with Crippen LogP contribution in [0.25, 0.3) is 0 Å². The molecule has 1 heterocycles. The number of rotatable bonds is 9. The van der Waals surface area contributed by atoms with Crippen LogP contribution in [0.3, 0.4) is 0 Å². The van der Waals surface area contributed by atoms with E-state index in [4.69, 9.17) is 5.14 Å². The zero-order valence-corrected chi connectivity index (χ0v) is 19.5. The molecule has 10 nitrogen and oxygen atoms in total. The Morgan fingerprint density at radius 1 is 1.03 bits per heavy atom. The summed E-state index contributed by atoms with van der Waals surface area (Å²) in [4.78, 5) is 7.93. The van der Waals surface area contributed by atoms with Crippen molar-refractivity contribution in [2.24, 2.45) is 5.14 Å². The van der Waals surface area contributed by atoms with Crippen LogP contribution in [0.2, 0.25) is 0 Å². The van der Waals surface area contributed by atoms with Crippen LogP contribution in [-0.4, -0.2) is 32.6 Å². The minimum atomic E-state index is -3.92. The second-order valence-corrected chi connectivity index (χ2v) is 10.7. The van der Waals surface area contributed by atoms with E-state index in [2.05, 4.69) is 25.3 Å². The second kappa shape index (κ2) is 9.79. The fraction of sp³-hybridized carbons (Fsp3) is 0.200. The van der Waals surface area contributed by atoms with Crippen LogP contribution in [0.5, 0.6) is 0 Å². The largest absolute Gasteiger partial charge is 0.338 e. The zero-order valence-electron chi connectivity index (χ0n) is 17.8. The quantitative estimate of drug-likeness (QED) is 0.353. The van der Waals surface area contributed by atoms with E-state index in [1.807, 2.05) is 0 Å². The Hall–Kier alpha value is -3.13. The third kappa shape index (κ3) is 6.68. The van der Waals surface area contributed by atoms with Gasteiger partial charge < -0.3 is 10.6 Å². The fourth-order valence-corrected chi connectivity index (χ4v) is 4.22. The highest BCUT2D eigenvalue weighted by atomic mass is 32.2. The number of primary sulfonamides is 1. The number of nitrogens with two attached hydrogens (primary N) is 1. The molecule has 0 unspecified atom stereocenters. The lowest BCUT2D eigenvalue weighted by molar-refractivity contribution is 0.582. The van der Waals surface area contributed by atoms with Gasteiger partial charge in [0.1, 0.15) is 0 Å². The van der Waals surface area contributed by atoms with E-state index < -0.39 is 25.9 Å². The molecule has 0 saturated heterocycles. The van der Waals surface area contributed by atoms with Gasteiger partial charge in [0, 0.05) is 17.9 Å². The van der Waals surface area contributed by atoms with Crippen LogP contribution in [0, 0.1) is 12.7 Å². The summed E-state index contributed by atoms with van der Waals surface area (Å²) in [6.45, 7) is 3.24. The Labute approximate surface area is 191 Å². The van der Waals surface area contributed by atoms with Gasteiger partial charge in [0.25, 0.3) is 0 Å². The fourth-order valence-electron chi connectivity index (χ4n) is 2.82. The molecule has 0 atom stereocenters. The molecule has 0 bridgehead atoms. The van der Waals surface area contributed by atoms with E-state index in [0.717, 1.165) is 6.20 Å². The Balaban J connectivity index is 1.80. The number of benzene rings is 2. The first kappa shape index (κ1) is 24.5. The maximum atomic E-state index is 14.3. The molecule has 0 fully saturated rings. The van der Waals surface area contributed by atoms with E-state index in [0.29, 0.717) is 22.5 Å².